The molecule has 0 nitrogen and oxygen atoms in total. The van der Waals surface area contributed by atoms with Crippen LogP contribution < -0.4 is 0 Å². The highest BCUT2D eigenvalue weighted by Crippen LogP contribution is 2.33. The molecule has 0 spiro atoms. The van der Waals surface area contributed by atoms with Gasteiger partial charge >= 0.3 is 0 Å². The number of hydrogen-bond acceptors (Lipinski definition) is 0. The van der Waals surface area contributed by atoms with E-state index in [2.05, 4.69) is 60.3 Å². The maximum absolute atomic E-state index is 3.07. The molecule has 0 bridgehead atoms. The van der Waals surface area contributed by atoms with Crippen molar-refractivity contribution in [2.24, 2.45) is 5.92 Å². The van der Waals surface area contributed by atoms with Gasteiger partial charge in [0.05, 0.1) is 0 Å². The second-order valence-electron chi connectivity index (χ2n) is 6.76. The van der Waals surface area contributed by atoms with Gasteiger partial charge in [-0.3, -0.25) is 0 Å². The standard InChI is InChI=1S/C19H33P/c1-4-5-6-7-8-12-15-18(19(2,3)20)16-17-13-10-9-11-14-17/h9-11,13-14,18H,4-8,12,15-16,20H2,1-3H3. The van der Waals surface area contributed by atoms with E-state index in [1.165, 1.54) is 56.9 Å². The van der Waals surface area contributed by atoms with Crippen LogP contribution in [0.25, 0.3) is 0 Å². The lowest BCUT2D eigenvalue weighted by atomic mass is 9.84. The second kappa shape index (κ2) is 9.56. The highest BCUT2D eigenvalue weighted by Gasteiger charge is 2.24. The van der Waals surface area contributed by atoms with Crippen LogP contribution in [0.3, 0.4) is 0 Å². The molecule has 114 valence electrons. The van der Waals surface area contributed by atoms with Crippen LogP contribution in [0, 0.1) is 5.92 Å². The Morgan fingerprint density at radius 1 is 0.950 bits per heavy atom. The molecule has 0 saturated carbocycles. The molecule has 0 heterocycles. The van der Waals surface area contributed by atoms with Gasteiger partial charge in [0.2, 0.25) is 0 Å². The van der Waals surface area contributed by atoms with Crippen molar-refractivity contribution in [1.82, 2.24) is 0 Å². The first-order valence-electron chi connectivity index (χ1n) is 8.37. The van der Waals surface area contributed by atoms with E-state index in [1.54, 1.807) is 0 Å². The van der Waals surface area contributed by atoms with Crippen molar-refractivity contribution < 1.29 is 0 Å². The molecule has 0 amide bonds. The van der Waals surface area contributed by atoms with Gasteiger partial charge in [0.25, 0.3) is 0 Å². The summed E-state index contributed by atoms with van der Waals surface area (Å²) >= 11 is 0. The van der Waals surface area contributed by atoms with Crippen LogP contribution in [0.2, 0.25) is 0 Å². The largest absolute Gasteiger partial charge is 0.131 e. The summed E-state index contributed by atoms with van der Waals surface area (Å²) in [6.45, 7) is 7.01. The summed E-state index contributed by atoms with van der Waals surface area (Å²) in [5.74, 6) is 0.765. The molecule has 2 atom stereocenters. The molecular weight excluding hydrogens is 259 g/mol. The first-order chi connectivity index (χ1) is 9.54. The molecule has 1 rings (SSSR count). The molecule has 0 aliphatic carbocycles. The second-order valence-corrected chi connectivity index (χ2v) is 8.25. The number of benzene rings is 1. The van der Waals surface area contributed by atoms with Crippen LogP contribution in [0.15, 0.2) is 30.3 Å². The minimum absolute atomic E-state index is 0.333. The molecule has 0 aliphatic heterocycles. The zero-order valence-electron chi connectivity index (χ0n) is 13.7. The molecule has 2 unspecified atom stereocenters. The fourth-order valence-corrected chi connectivity index (χ4v) is 3.09. The Bertz CT molecular complexity index is 337. The summed E-state index contributed by atoms with van der Waals surface area (Å²) in [6, 6.07) is 11.0. The Balaban J connectivity index is 2.38. The van der Waals surface area contributed by atoms with E-state index < -0.39 is 0 Å². The maximum Gasteiger partial charge on any atom is -0.0175 e. The van der Waals surface area contributed by atoms with E-state index in [4.69, 9.17) is 0 Å². The van der Waals surface area contributed by atoms with Crippen molar-refractivity contribution in [2.75, 3.05) is 0 Å². The van der Waals surface area contributed by atoms with Crippen LogP contribution >= 0.6 is 9.24 Å². The van der Waals surface area contributed by atoms with Crippen molar-refractivity contribution in [1.29, 1.82) is 0 Å². The van der Waals surface area contributed by atoms with Crippen molar-refractivity contribution in [3.8, 4) is 0 Å². The smallest absolute Gasteiger partial charge is 0.0175 e. The van der Waals surface area contributed by atoms with Gasteiger partial charge in [-0.2, -0.15) is 0 Å². The minimum atomic E-state index is 0.333. The third-order valence-electron chi connectivity index (χ3n) is 4.28. The lowest BCUT2D eigenvalue weighted by Gasteiger charge is -2.31. The molecule has 0 radical (unpaired) electrons. The van der Waals surface area contributed by atoms with E-state index in [9.17, 15) is 0 Å². The molecule has 20 heavy (non-hydrogen) atoms. The quantitative estimate of drug-likeness (QED) is 0.353. The predicted molar refractivity (Wildman–Crippen MR) is 95.4 cm³/mol. The fourth-order valence-electron chi connectivity index (χ4n) is 2.81. The highest BCUT2D eigenvalue weighted by atomic mass is 31.0. The average Bonchev–Trinajstić information content (AvgIpc) is 2.41. The Labute approximate surface area is 129 Å². The number of rotatable bonds is 10. The first kappa shape index (κ1) is 17.7. The zero-order valence-corrected chi connectivity index (χ0v) is 14.9. The van der Waals surface area contributed by atoms with Crippen LogP contribution in [0.5, 0.6) is 0 Å². The van der Waals surface area contributed by atoms with Crippen LogP contribution in [-0.2, 0) is 6.42 Å². The third-order valence-corrected chi connectivity index (χ3v) is 4.75. The zero-order chi connectivity index (χ0) is 14.8. The molecule has 1 heteroatoms. The maximum atomic E-state index is 3.07. The topological polar surface area (TPSA) is 0 Å². The summed E-state index contributed by atoms with van der Waals surface area (Å²) in [5, 5.41) is 0.333. The number of hydrogen-bond donors (Lipinski definition) is 0. The Kier molecular flexibility index (Phi) is 8.46. The number of unbranched alkanes of at least 4 members (excludes halogenated alkanes) is 5. The Morgan fingerprint density at radius 2 is 1.55 bits per heavy atom. The van der Waals surface area contributed by atoms with Gasteiger partial charge in [0.1, 0.15) is 0 Å². The minimum Gasteiger partial charge on any atom is -0.131 e. The fraction of sp³-hybridized carbons (Fsp3) is 0.684. The van der Waals surface area contributed by atoms with Crippen LogP contribution in [0.1, 0.15) is 71.3 Å². The monoisotopic (exact) mass is 292 g/mol. The molecule has 0 saturated heterocycles. The normalized spacial score (nSPS) is 13.4. The first-order valence-corrected chi connectivity index (χ1v) is 8.94. The van der Waals surface area contributed by atoms with Gasteiger partial charge in [-0.25, -0.2) is 0 Å². The van der Waals surface area contributed by atoms with Gasteiger partial charge in [-0.15, -0.1) is 9.24 Å². The molecule has 0 N–H and O–H groups in total. The van der Waals surface area contributed by atoms with E-state index in [0.29, 0.717) is 5.16 Å². The van der Waals surface area contributed by atoms with E-state index in [-0.39, 0.29) is 0 Å². The summed E-state index contributed by atoms with van der Waals surface area (Å²) < 4.78 is 0. The van der Waals surface area contributed by atoms with Gasteiger partial charge < -0.3 is 0 Å². The average molecular weight is 292 g/mol. The summed E-state index contributed by atoms with van der Waals surface area (Å²) in [6.07, 6.45) is 11.0. The molecular formula is C19H33P. The summed E-state index contributed by atoms with van der Waals surface area (Å²) in [7, 11) is 3.07. The van der Waals surface area contributed by atoms with Crippen molar-refractivity contribution >= 4 is 9.24 Å². The van der Waals surface area contributed by atoms with Crippen LogP contribution in [0.4, 0.5) is 0 Å². The molecule has 1 aromatic carbocycles. The van der Waals surface area contributed by atoms with Gasteiger partial charge in [0, 0.05) is 0 Å². The Morgan fingerprint density at radius 3 is 2.15 bits per heavy atom. The van der Waals surface area contributed by atoms with E-state index >= 15 is 0 Å². The van der Waals surface area contributed by atoms with Crippen molar-refractivity contribution in [2.45, 2.75) is 77.3 Å². The SMILES string of the molecule is CCCCCCCCC(Cc1ccccc1)C(C)(C)P. The van der Waals surface area contributed by atoms with Crippen molar-refractivity contribution in [3.63, 3.8) is 0 Å². The van der Waals surface area contributed by atoms with Gasteiger partial charge in [-0.05, 0) is 29.5 Å². The molecule has 0 fully saturated rings. The van der Waals surface area contributed by atoms with E-state index in [0.717, 1.165) is 5.92 Å². The lowest BCUT2D eigenvalue weighted by Crippen LogP contribution is -2.26. The molecule has 1 aromatic rings. The van der Waals surface area contributed by atoms with E-state index in [1.807, 2.05) is 0 Å². The predicted octanol–water partition coefficient (Wildman–Crippen LogP) is 6.25. The van der Waals surface area contributed by atoms with Crippen LogP contribution in [-0.4, -0.2) is 5.16 Å². The van der Waals surface area contributed by atoms with Gasteiger partial charge in [-0.1, -0.05) is 89.6 Å². The van der Waals surface area contributed by atoms with Crippen molar-refractivity contribution in [3.05, 3.63) is 35.9 Å². The lowest BCUT2D eigenvalue weighted by molar-refractivity contribution is 0.373. The summed E-state index contributed by atoms with van der Waals surface area (Å²) in [5.41, 5.74) is 1.49. The molecule has 0 aliphatic rings. The van der Waals surface area contributed by atoms with Gasteiger partial charge in [0.15, 0.2) is 0 Å². The summed E-state index contributed by atoms with van der Waals surface area (Å²) in [4.78, 5) is 0. The Hall–Kier alpha value is -0.350. The molecule has 0 aromatic heterocycles. The highest BCUT2D eigenvalue weighted by molar-refractivity contribution is 7.18. The third kappa shape index (κ3) is 7.44.